The van der Waals surface area contributed by atoms with Gasteiger partial charge in [0.05, 0.1) is 0 Å². The van der Waals surface area contributed by atoms with E-state index >= 15 is 0 Å². The number of carbonyl (C=O) groups excluding carboxylic acids is 1. The minimum atomic E-state index is -4.60. The number of nitrogens with one attached hydrogen (secondary N) is 1. The maximum Gasteiger partial charge on any atom is 0.397 e. The highest BCUT2D eigenvalue weighted by molar-refractivity contribution is 7.80. The largest absolute Gasteiger partial charge is 0.479 e. The summed E-state index contributed by atoms with van der Waals surface area (Å²) in [6.07, 6.45) is 0.383. The molecule has 0 saturated carbocycles. The zero-order chi connectivity index (χ0) is 17.0. The molecule has 0 aliphatic heterocycles. The summed E-state index contributed by atoms with van der Waals surface area (Å²) in [5.41, 5.74) is 1.10. The van der Waals surface area contributed by atoms with E-state index in [0.717, 1.165) is 5.56 Å². The first kappa shape index (κ1) is 20.3. The molecule has 124 valence electrons. The van der Waals surface area contributed by atoms with E-state index in [1.54, 1.807) is 0 Å². The topological polar surface area (TPSA) is 130 Å². The van der Waals surface area contributed by atoms with Crippen LogP contribution in [0.5, 0.6) is 0 Å². The Morgan fingerprint density at radius 1 is 1.23 bits per heavy atom. The van der Waals surface area contributed by atoms with Crippen LogP contribution in [0.25, 0.3) is 0 Å². The highest BCUT2D eigenvalue weighted by Crippen LogP contribution is 1.97. The average molecular weight is 354 g/mol. The van der Waals surface area contributed by atoms with Gasteiger partial charge in [-0.25, -0.2) is 8.98 Å². The monoisotopic (exact) mass is 353 g/mol. The molecule has 1 amide bonds. The molecule has 0 fully saturated rings. The molecular weight excluding hydrogens is 338 g/mol. The normalized spacial score (nSPS) is 10.3. The summed E-state index contributed by atoms with van der Waals surface area (Å²) >= 11 is 5.42. The molecule has 1 aromatic rings. The second kappa shape index (κ2) is 11.0. The number of halogens is 1. The lowest BCUT2D eigenvalue weighted by Crippen LogP contribution is -2.22. The Labute approximate surface area is 133 Å². The minimum absolute atomic E-state index is 0.00106. The van der Waals surface area contributed by atoms with E-state index in [2.05, 4.69) is 9.50 Å². The molecule has 10 heteroatoms. The molecule has 22 heavy (non-hydrogen) atoms. The van der Waals surface area contributed by atoms with Gasteiger partial charge in [0.25, 0.3) is 0 Å². The zero-order valence-corrected chi connectivity index (χ0v) is 13.0. The second-order valence-corrected chi connectivity index (χ2v) is 5.25. The lowest BCUT2D eigenvalue weighted by atomic mass is 10.2. The van der Waals surface area contributed by atoms with Crippen LogP contribution in [0.1, 0.15) is 12.0 Å². The van der Waals surface area contributed by atoms with E-state index in [0.29, 0.717) is 18.8 Å². The maximum atomic E-state index is 11.0. The van der Waals surface area contributed by atoms with Gasteiger partial charge in [0.1, 0.15) is 0 Å². The molecule has 0 saturated heterocycles. The number of carbonyl (C=O) groups is 2. The fourth-order valence-corrected chi connectivity index (χ4v) is 1.52. The van der Waals surface area contributed by atoms with E-state index < -0.39 is 23.0 Å². The molecule has 0 spiro atoms. The summed E-state index contributed by atoms with van der Waals surface area (Å²) in [6.45, 7) is -0.477. The number of alkyl halides is 1. The number of rotatable bonds is 7. The Balaban J connectivity index is 0.000000433. The van der Waals surface area contributed by atoms with Gasteiger partial charge in [0, 0.05) is 18.8 Å². The first-order valence-corrected chi connectivity index (χ1v) is 7.84. The van der Waals surface area contributed by atoms with Gasteiger partial charge in [0.15, 0.2) is 6.61 Å². The predicted octanol–water partition coefficient (Wildman–Crippen LogP) is 0.822. The summed E-state index contributed by atoms with van der Waals surface area (Å²) in [5, 5.41) is 10.6. The van der Waals surface area contributed by atoms with Gasteiger partial charge in [-0.3, -0.25) is 9.35 Å². The van der Waals surface area contributed by atoms with Crippen LogP contribution in [0, 0.1) is 0 Å². The molecular formula is C12H16ClNO7S. The van der Waals surface area contributed by atoms with Crippen LogP contribution in [-0.4, -0.2) is 42.4 Å². The smallest absolute Gasteiger partial charge is 0.397 e. The van der Waals surface area contributed by atoms with Crippen LogP contribution >= 0.6 is 11.6 Å². The third-order valence-electron chi connectivity index (χ3n) is 1.99. The van der Waals surface area contributed by atoms with Gasteiger partial charge < -0.3 is 10.4 Å². The van der Waals surface area contributed by atoms with Crippen molar-refractivity contribution in [2.45, 2.75) is 13.0 Å². The van der Waals surface area contributed by atoms with Crippen molar-refractivity contribution in [1.29, 1.82) is 0 Å². The fourth-order valence-electron chi connectivity index (χ4n) is 1.10. The Morgan fingerprint density at radius 2 is 1.82 bits per heavy atom. The number of hydrogen-bond donors (Lipinski definition) is 3. The van der Waals surface area contributed by atoms with Gasteiger partial charge >= 0.3 is 16.4 Å². The van der Waals surface area contributed by atoms with Crippen molar-refractivity contribution < 1.29 is 31.8 Å². The summed E-state index contributed by atoms with van der Waals surface area (Å²) in [4.78, 5) is 20.6. The quantitative estimate of drug-likeness (QED) is 0.488. The lowest BCUT2D eigenvalue weighted by molar-refractivity contribution is -0.139. The van der Waals surface area contributed by atoms with E-state index in [4.69, 9.17) is 21.3 Å². The van der Waals surface area contributed by atoms with Crippen LogP contribution in [0.4, 0.5) is 0 Å². The number of aliphatic carboxylic acids is 1. The number of carboxylic acids is 1. The zero-order valence-electron chi connectivity index (χ0n) is 11.4. The molecule has 0 aromatic heterocycles. The molecule has 0 aliphatic rings. The van der Waals surface area contributed by atoms with Crippen molar-refractivity contribution in [3.63, 3.8) is 0 Å². The minimum Gasteiger partial charge on any atom is -0.479 e. The Kier molecular flexibility index (Phi) is 10.1. The van der Waals surface area contributed by atoms with Crippen molar-refractivity contribution in [2.75, 3.05) is 12.5 Å². The third-order valence-corrected chi connectivity index (χ3v) is 2.59. The van der Waals surface area contributed by atoms with Crippen molar-refractivity contribution >= 4 is 33.9 Å². The molecule has 0 heterocycles. The Bertz CT molecular complexity index is 562. The molecule has 8 nitrogen and oxygen atoms in total. The molecule has 0 unspecified atom stereocenters. The van der Waals surface area contributed by atoms with E-state index in [1.807, 2.05) is 30.3 Å². The Morgan fingerprint density at radius 3 is 2.23 bits per heavy atom. The Hall–Kier alpha value is -1.68. The van der Waals surface area contributed by atoms with Crippen LogP contribution < -0.4 is 5.32 Å². The highest BCUT2D eigenvalue weighted by atomic mass is 35.5. The van der Waals surface area contributed by atoms with Gasteiger partial charge in [-0.2, -0.15) is 8.42 Å². The lowest BCUT2D eigenvalue weighted by Gasteiger charge is -2.02. The molecule has 0 bridgehead atoms. The van der Waals surface area contributed by atoms with Crippen molar-refractivity contribution in [3.05, 3.63) is 35.9 Å². The maximum absolute atomic E-state index is 11.0. The van der Waals surface area contributed by atoms with E-state index in [1.165, 1.54) is 0 Å². The average Bonchev–Trinajstić information content (AvgIpc) is 2.44. The molecule has 0 atom stereocenters. The molecule has 1 aromatic carbocycles. The fraction of sp³-hybridized carbons (Fsp3) is 0.333. The number of benzene rings is 1. The third kappa shape index (κ3) is 13.3. The molecule has 1 rings (SSSR count). The first-order valence-electron chi connectivity index (χ1n) is 5.95. The van der Waals surface area contributed by atoms with Crippen LogP contribution in [0.15, 0.2) is 30.3 Å². The standard InChI is InChI=1S/C10H12ClNO.C2H4O6S/c11-7-6-10(13)12-8-9-4-2-1-3-5-9;3-2(4)1-8-9(5,6)7/h1-5H,6-8H2,(H,12,13);1H2,(H,3,4)(H,5,6,7). The second-order valence-electron chi connectivity index (χ2n) is 3.78. The summed E-state index contributed by atoms with van der Waals surface area (Å²) < 4.78 is 30.4. The summed E-state index contributed by atoms with van der Waals surface area (Å²) in [5.74, 6) is -1.09. The van der Waals surface area contributed by atoms with Crippen LogP contribution in [0.3, 0.4) is 0 Å². The first-order chi connectivity index (χ1) is 10.2. The molecule has 0 aliphatic carbocycles. The van der Waals surface area contributed by atoms with Crippen molar-refractivity contribution in [1.82, 2.24) is 5.32 Å². The highest BCUT2D eigenvalue weighted by Gasteiger charge is 2.06. The number of carboxylic acid groups (broad SMARTS) is 1. The van der Waals surface area contributed by atoms with Crippen LogP contribution in [0.2, 0.25) is 0 Å². The van der Waals surface area contributed by atoms with Gasteiger partial charge in [-0.05, 0) is 5.56 Å². The summed E-state index contributed by atoms with van der Waals surface area (Å²) in [7, 11) is -4.60. The molecule has 3 N–H and O–H groups in total. The van der Waals surface area contributed by atoms with Gasteiger partial charge in [0.2, 0.25) is 5.91 Å². The SMILES string of the molecule is O=C(CCCl)NCc1ccccc1.O=C(O)COS(=O)(=O)O. The number of hydrogen-bond acceptors (Lipinski definition) is 5. The van der Waals surface area contributed by atoms with Gasteiger partial charge in [-0.1, -0.05) is 30.3 Å². The summed E-state index contributed by atoms with van der Waals surface area (Å²) in [6, 6.07) is 9.79. The number of amides is 1. The molecule has 0 radical (unpaired) electrons. The van der Waals surface area contributed by atoms with Gasteiger partial charge in [-0.15, -0.1) is 11.6 Å². The van der Waals surface area contributed by atoms with E-state index in [-0.39, 0.29) is 5.91 Å². The predicted molar refractivity (Wildman–Crippen MR) is 78.8 cm³/mol. The van der Waals surface area contributed by atoms with Crippen LogP contribution in [-0.2, 0) is 30.7 Å². The van der Waals surface area contributed by atoms with E-state index in [9.17, 15) is 18.0 Å². The van der Waals surface area contributed by atoms with Crippen molar-refractivity contribution in [3.8, 4) is 0 Å². The van der Waals surface area contributed by atoms with Crippen molar-refractivity contribution in [2.24, 2.45) is 0 Å².